The number of benzene rings is 2. The van der Waals surface area contributed by atoms with Crippen LogP contribution in [0.25, 0.3) is 10.9 Å². The third-order valence-corrected chi connectivity index (χ3v) is 5.46. The Labute approximate surface area is 219 Å². The first kappa shape index (κ1) is 26.0. The number of amides is 1. The van der Waals surface area contributed by atoms with Gasteiger partial charge in [-0.05, 0) is 51.1 Å². The van der Waals surface area contributed by atoms with Crippen molar-refractivity contribution in [2.24, 2.45) is 0 Å². The Hall–Kier alpha value is -4.11. The third-order valence-electron chi connectivity index (χ3n) is 5.19. The summed E-state index contributed by atoms with van der Waals surface area (Å²) >= 11 is 6.39. The summed E-state index contributed by atoms with van der Waals surface area (Å²) in [5.41, 5.74) is 1.76. The Morgan fingerprint density at radius 1 is 1.16 bits per heavy atom. The average Bonchev–Trinajstić information content (AvgIpc) is 3.37. The molecule has 8 nitrogen and oxygen atoms in total. The van der Waals surface area contributed by atoms with Gasteiger partial charge in [0, 0.05) is 48.2 Å². The van der Waals surface area contributed by atoms with Crippen LogP contribution in [0.2, 0.25) is 5.15 Å². The van der Waals surface area contributed by atoms with E-state index in [2.05, 4.69) is 20.8 Å². The Morgan fingerprint density at radius 3 is 2.65 bits per heavy atom. The van der Waals surface area contributed by atoms with Gasteiger partial charge in [-0.2, -0.15) is 0 Å². The molecule has 0 spiro atoms. The molecule has 2 aromatic heterocycles. The second-order valence-electron chi connectivity index (χ2n) is 8.37. The molecule has 0 bridgehead atoms. The van der Waals surface area contributed by atoms with E-state index in [-0.39, 0.29) is 22.9 Å². The van der Waals surface area contributed by atoms with Gasteiger partial charge in [0.15, 0.2) is 16.7 Å². The molecule has 37 heavy (non-hydrogen) atoms. The highest BCUT2D eigenvalue weighted by molar-refractivity contribution is 6.33. The molecule has 2 N–H and O–H groups in total. The standard InChI is InChI=1S/C27H27ClFN5O3/c1-4-36-23-10-9-18(14-20(23)29)30-26-19-15-22(31-25(35)8-7-13-34-11-5-6-12-34)24(37-17(2)3)16-21(19)32-33-27(26)28/h5-12,14-17H,4,13H2,1-3H3,(H,30,32)(H,31,35)/b8-7+. The van der Waals surface area contributed by atoms with E-state index in [0.29, 0.717) is 46.9 Å². The molecule has 10 heteroatoms. The number of hydrogen-bond acceptors (Lipinski definition) is 6. The largest absolute Gasteiger partial charge is 0.491 e. The highest BCUT2D eigenvalue weighted by atomic mass is 35.5. The molecule has 2 heterocycles. The molecule has 0 radical (unpaired) electrons. The van der Waals surface area contributed by atoms with E-state index in [1.807, 2.05) is 42.9 Å². The summed E-state index contributed by atoms with van der Waals surface area (Å²) in [6.07, 6.45) is 6.89. The number of carbonyl (C=O) groups is 1. The van der Waals surface area contributed by atoms with Crippen molar-refractivity contribution in [1.29, 1.82) is 0 Å². The summed E-state index contributed by atoms with van der Waals surface area (Å²) in [7, 11) is 0. The monoisotopic (exact) mass is 523 g/mol. The van der Waals surface area contributed by atoms with Crippen LogP contribution in [0.5, 0.6) is 11.5 Å². The zero-order valence-corrected chi connectivity index (χ0v) is 21.4. The fraction of sp³-hybridized carbons (Fsp3) is 0.222. The Bertz CT molecular complexity index is 1420. The average molecular weight is 524 g/mol. The lowest BCUT2D eigenvalue weighted by Crippen LogP contribution is -2.13. The van der Waals surface area contributed by atoms with Crippen LogP contribution in [0.3, 0.4) is 0 Å². The lowest BCUT2D eigenvalue weighted by atomic mass is 10.1. The van der Waals surface area contributed by atoms with Gasteiger partial charge in [0.1, 0.15) is 5.75 Å². The number of nitrogens with one attached hydrogen (secondary N) is 2. The van der Waals surface area contributed by atoms with E-state index in [1.165, 1.54) is 18.2 Å². The molecular weight excluding hydrogens is 497 g/mol. The Kier molecular flexibility index (Phi) is 8.25. The molecule has 4 rings (SSSR count). The second-order valence-corrected chi connectivity index (χ2v) is 8.73. The molecule has 192 valence electrons. The van der Waals surface area contributed by atoms with Gasteiger partial charge in [-0.3, -0.25) is 4.79 Å². The maximum absolute atomic E-state index is 14.4. The number of rotatable bonds is 10. The number of anilines is 3. The van der Waals surface area contributed by atoms with Crippen molar-refractivity contribution >= 4 is 45.5 Å². The molecular formula is C27H27ClFN5O3. The molecule has 0 aliphatic rings. The van der Waals surface area contributed by atoms with Gasteiger partial charge in [-0.25, -0.2) is 4.39 Å². The number of allylic oxidation sites excluding steroid dienone is 1. The second kappa shape index (κ2) is 11.7. The summed E-state index contributed by atoms with van der Waals surface area (Å²) in [4.78, 5) is 12.7. The van der Waals surface area contributed by atoms with Gasteiger partial charge in [-0.15, -0.1) is 10.2 Å². The molecule has 0 aliphatic carbocycles. The van der Waals surface area contributed by atoms with Crippen LogP contribution in [0.1, 0.15) is 20.8 Å². The van der Waals surface area contributed by atoms with Crippen molar-refractivity contribution in [2.75, 3.05) is 17.2 Å². The van der Waals surface area contributed by atoms with Gasteiger partial charge >= 0.3 is 0 Å². The SMILES string of the molecule is CCOc1ccc(Nc2c(Cl)nnc3cc(OC(C)C)c(NC(=O)/C=C/Cn4cccc4)cc23)cc1F. The predicted molar refractivity (Wildman–Crippen MR) is 143 cm³/mol. The number of ether oxygens (including phenoxy) is 2. The van der Waals surface area contributed by atoms with Crippen LogP contribution in [-0.2, 0) is 11.3 Å². The lowest BCUT2D eigenvalue weighted by molar-refractivity contribution is -0.111. The Balaban J connectivity index is 1.67. The quantitative estimate of drug-likeness (QED) is 0.235. The molecule has 0 aliphatic heterocycles. The van der Waals surface area contributed by atoms with Crippen LogP contribution < -0.4 is 20.1 Å². The van der Waals surface area contributed by atoms with Crippen molar-refractivity contribution < 1.29 is 18.7 Å². The van der Waals surface area contributed by atoms with Crippen molar-refractivity contribution in [3.8, 4) is 11.5 Å². The van der Waals surface area contributed by atoms with Gasteiger partial charge < -0.3 is 24.7 Å². The van der Waals surface area contributed by atoms with Gasteiger partial charge in [0.25, 0.3) is 0 Å². The summed E-state index contributed by atoms with van der Waals surface area (Å²) < 4.78 is 27.6. The summed E-state index contributed by atoms with van der Waals surface area (Å²) in [5, 5.41) is 14.8. The van der Waals surface area contributed by atoms with Crippen LogP contribution in [0.4, 0.5) is 21.5 Å². The molecule has 0 saturated heterocycles. The first-order chi connectivity index (χ1) is 17.8. The maximum atomic E-state index is 14.4. The first-order valence-corrected chi connectivity index (χ1v) is 12.2. The zero-order chi connectivity index (χ0) is 26.4. The molecule has 0 atom stereocenters. The van der Waals surface area contributed by atoms with Crippen molar-refractivity contribution in [1.82, 2.24) is 14.8 Å². The first-order valence-electron chi connectivity index (χ1n) is 11.8. The number of fused-ring (bicyclic) bond motifs is 1. The normalized spacial score (nSPS) is 11.3. The Morgan fingerprint density at radius 2 is 1.95 bits per heavy atom. The zero-order valence-electron chi connectivity index (χ0n) is 20.7. The summed E-state index contributed by atoms with van der Waals surface area (Å²) in [6.45, 7) is 6.46. The minimum Gasteiger partial charge on any atom is -0.491 e. The summed E-state index contributed by atoms with van der Waals surface area (Å²) in [6, 6.07) is 11.7. The fourth-order valence-electron chi connectivity index (χ4n) is 3.62. The maximum Gasteiger partial charge on any atom is 0.248 e. The topological polar surface area (TPSA) is 90.3 Å². The van der Waals surface area contributed by atoms with Gasteiger partial charge in [0.05, 0.1) is 29.6 Å². The van der Waals surface area contributed by atoms with Crippen LogP contribution in [0, 0.1) is 5.82 Å². The van der Waals surface area contributed by atoms with Crippen molar-refractivity contribution in [2.45, 2.75) is 33.4 Å². The van der Waals surface area contributed by atoms with E-state index in [9.17, 15) is 9.18 Å². The minimum absolute atomic E-state index is 0.0863. The smallest absolute Gasteiger partial charge is 0.248 e. The minimum atomic E-state index is -0.512. The number of carbonyl (C=O) groups excluding carboxylic acids is 1. The van der Waals surface area contributed by atoms with E-state index in [1.54, 1.807) is 31.2 Å². The van der Waals surface area contributed by atoms with Crippen LogP contribution >= 0.6 is 11.6 Å². The number of aromatic nitrogens is 3. The molecule has 1 amide bonds. The van der Waals surface area contributed by atoms with Gasteiger partial charge in [0.2, 0.25) is 5.91 Å². The fourth-order valence-corrected chi connectivity index (χ4v) is 3.81. The highest BCUT2D eigenvalue weighted by Gasteiger charge is 2.17. The molecule has 0 unspecified atom stereocenters. The van der Waals surface area contributed by atoms with Crippen molar-refractivity contribution in [3.05, 3.63) is 78.0 Å². The number of hydrogen-bond donors (Lipinski definition) is 2. The summed E-state index contributed by atoms with van der Waals surface area (Å²) in [5.74, 6) is -0.246. The third kappa shape index (κ3) is 6.56. The number of nitrogens with zero attached hydrogens (tertiary/aromatic N) is 3. The van der Waals surface area contributed by atoms with Crippen molar-refractivity contribution in [3.63, 3.8) is 0 Å². The molecule has 0 saturated carbocycles. The van der Waals surface area contributed by atoms with Crippen LogP contribution in [-0.4, -0.2) is 33.4 Å². The van der Waals surface area contributed by atoms with E-state index in [4.69, 9.17) is 21.1 Å². The molecule has 0 fully saturated rings. The predicted octanol–water partition coefficient (Wildman–Crippen LogP) is 6.35. The molecule has 2 aromatic carbocycles. The lowest BCUT2D eigenvalue weighted by Gasteiger charge is -2.17. The van der Waals surface area contributed by atoms with E-state index in [0.717, 1.165) is 0 Å². The number of halogens is 2. The highest BCUT2D eigenvalue weighted by Crippen LogP contribution is 2.37. The van der Waals surface area contributed by atoms with E-state index >= 15 is 0 Å². The van der Waals surface area contributed by atoms with Crippen LogP contribution in [0.15, 0.2) is 67.0 Å². The molecule has 4 aromatic rings. The van der Waals surface area contributed by atoms with Gasteiger partial charge in [-0.1, -0.05) is 17.7 Å². The van der Waals surface area contributed by atoms with E-state index < -0.39 is 5.82 Å².